The number of thioether (sulfide) groups is 1. The van der Waals surface area contributed by atoms with Gasteiger partial charge in [0, 0.05) is 36.8 Å². The molecule has 7 heteroatoms. The first kappa shape index (κ1) is 14.9. The maximum atomic E-state index is 12.2. The van der Waals surface area contributed by atoms with E-state index in [1.165, 1.54) is 6.42 Å². The highest BCUT2D eigenvalue weighted by atomic mass is 32.2. The summed E-state index contributed by atoms with van der Waals surface area (Å²) in [6.07, 6.45) is 7.00. The molecule has 0 aliphatic heterocycles. The van der Waals surface area contributed by atoms with Gasteiger partial charge in [0.05, 0.1) is 4.90 Å². The Morgan fingerprint density at radius 1 is 1.53 bits per heavy atom. The van der Waals surface area contributed by atoms with Gasteiger partial charge in [-0.15, -0.1) is 0 Å². The van der Waals surface area contributed by atoms with Crippen LogP contribution in [0.5, 0.6) is 0 Å². The minimum Gasteiger partial charge on any atom is -0.352 e. The van der Waals surface area contributed by atoms with Crippen LogP contribution in [0.4, 0.5) is 0 Å². The molecule has 3 N–H and O–H groups in total. The molecule has 1 heterocycles. The molecule has 1 aromatic heterocycles. The van der Waals surface area contributed by atoms with Crippen molar-refractivity contribution in [1.29, 1.82) is 0 Å². The van der Waals surface area contributed by atoms with E-state index < -0.39 is 10.0 Å². The average molecular weight is 303 g/mol. The second-order valence-electron chi connectivity index (χ2n) is 5.05. The van der Waals surface area contributed by atoms with Crippen molar-refractivity contribution in [2.24, 2.45) is 12.8 Å². The molecule has 0 atom stereocenters. The van der Waals surface area contributed by atoms with Crippen LogP contribution < -0.4 is 10.5 Å². The Balaban J connectivity index is 2.09. The Labute approximate surface area is 119 Å². The van der Waals surface area contributed by atoms with Gasteiger partial charge in [-0.05, 0) is 25.2 Å². The van der Waals surface area contributed by atoms with Crippen LogP contribution in [0, 0.1) is 0 Å². The molecule has 1 aliphatic carbocycles. The van der Waals surface area contributed by atoms with Crippen molar-refractivity contribution >= 4 is 21.8 Å². The first-order valence-corrected chi connectivity index (χ1v) is 9.03. The smallest absolute Gasteiger partial charge is 0.242 e. The highest BCUT2D eigenvalue weighted by Crippen LogP contribution is 2.42. The molecular weight excluding hydrogens is 282 g/mol. The Morgan fingerprint density at radius 2 is 2.21 bits per heavy atom. The minimum absolute atomic E-state index is 0.0958. The van der Waals surface area contributed by atoms with Crippen molar-refractivity contribution in [1.82, 2.24) is 9.29 Å². The summed E-state index contributed by atoms with van der Waals surface area (Å²) in [5, 5.41) is 0. The summed E-state index contributed by atoms with van der Waals surface area (Å²) >= 11 is 1.76. The highest BCUT2D eigenvalue weighted by molar-refractivity contribution is 8.00. The zero-order valence-electron chi connectivity index (χ0n) is 11.3. The van der Waals surface area contributed by atoms with Gasteiger partial charge in [0.1, 0.15) is 0 Å². The van der Waals surface area contributed by atoms with E-state index in [0.717, 1.165) is 18.5 Å². The number of nitrogens with two attached hydrogens (primary N) is 1. The number of nitrogens with zero attached hydrogens (tertiary/aromatic N) is 1. The number of nitrogens with one attached hydrogen (secondary N) is 1. The number of sulfonamides is 1. The molecule has 108 valence electrons. The highest BCUT2D eigenvalue weighted by Gasteiger charge is 2.37. The summed E-state index contributed by atoms with van der Waals surface area (Å²) in [6, 6.07) is 1.63. The molecule has 0 bridgehead atoms. The van der Waals surface area contributed by atoms with Crippen molar-refractivity contribution in [2.75, 3.05) is 12.8 Å². The quantitative estimate of drug-likeness (QED) is 0.823. The Hall–Kier alpha value is -0.500. The van der Waals surface area contributed by atoms with Crippen molar-refractivity contribution in [3.05, 3.63) is 18.0 Å². The fraction of sp³-hybridized carbons (Fsp3) is 0.667. The molecule has 0 radical (unpaired) electrons. The van der Waals surface area contributed by atoms with E-state index in [2.05, 4.69) is 4.72 Å². The van der Waals surface area contributed by atoms with Gasteiger partial charge in [-0.3, -0.25) is 0 Å². The summed E-state index contributed by atoms with van der Waals surface area (Å²) in [5.41, 5.74) is 6.37. The molecule has 0 spiro atoms. The van der Waals surface area contributed by atoms with Crippen molar-refractivity contribution in [3.8, 4) is 0 Å². The predicted molar refractivity (Wildman–Crippen MR) is 78.6 cm³/mol. The Kier molecular flexibility index (Phi) is 4.29. The molecule has 1 fully saturated rings. The second kappa shape index (κ2) is 5.47. The standard InChI is InChI=1S/C12H21N3O2S2/c1-15-8-11(6-10(15)7-13)19(16,17)14-9-12(18-2)4-3-5-12/h6,8,14H,3-5,7,9,13H2,1-2H3. The van der Waals surface area contributed by atoms with Gasteiger partial charge < -0.3 is 10.3 Å². The largest absolute Gasteiger partial charge is 0.352 e. The maximum Gasteiger partial charge on any atom is 0.242 e. The van der Waals surface area contributed by atoms with Crippen LogP contribution in [-0.2, 0) is 23.6 Å². The van der Waals surface area contributed by atoms with E-state index in [4.69, 9.17) is 5.73 Å². The first-order valence-electron chi connectivity index (χ1n) is 6.33. The van der Waals surface area contributed by atoms with E-state index in [-0.39, 0.29) is 4.75 Å². The molecule has 2 rings (SSSR count). The normalized spacial score (nSPS) is 18.3. The summed E-state index contributed by atoms with van der Waals surface area (Å²) in [5.74, 6) is 0. The van der Waals surface area contributed by atoms with E-state index in [1.807, 2.05) is 6.26 Å². The zero-order chi connectivity index (χ0) is 14.1. The second-order valence-corrected chi connectivity index (χ2v) is 8.09. The van der Waals surface area contributed by atoms with E-state index in [9.17, 15) is 8.42 Å². The van der Waals surface area contributed by atoms with Gasteiger partial charge in [0.25, 0.3) is 0 Å². The monoisotopic (exact) mass is 303 g/mol. The van der Waals surface area contributed by atoms with Gasteiger partial charge in [-0.1, -0.05) is 6.42 Å². The summed E-state index contributed by atoms with van der Waals surface area (Å²) < 4.78 is 29.1. The van der Waals surface area contributed by atoms with Crippen LogP contribution in [0.2, 0.25) is 0 Å². The third-order valence-electron chi connectivity index (χ3n) is 3.88. The molecule has 1 aromatic rings. The summed E-state index contributed by atoms with van der Waals surface area (Å²) in [4.78, 5) is 0.297. The first-order chi connectivity index (χ1) is 8.92. The third-order valence-corrected chi connectivity index (χ3v) is 6.67. The van der Waals surface area contributed by atoms with Crippen molar-refractivity contribution in [3.63, 3.8) is 0 Å². The van der Waals surface area contributed by atoms with Gasteiger partial charge in [-0.25, -0.2) is 13.1 Å². The SMILES string of the molecule is CSC1(CNS(=O)(=O)c2cc(CN)n(C)c2)CCC1. The molecule has 0 unspecified atom stereocenters. The van der Waals surface area contributed by atoms with Crippen LogP contribution >= 0.6 is 11.8 Å². The average Bonchev–Trinajstić information content (AvgIpc) is 2.70. The Morgan fingerprint density at radius 3 is 2.63 bits per heavy atom. The minimum atomic E-state index is -3.43. The zero-order valence-corrected chi connectivity index (χ0v) is 13.0. The maximum absolute atomic E-state index is 12.2. The molecule has 0 aromatic carbocycles. The fourth-order valence-corrected chi connectivity index (χ4v) is 4.49. The summed E-state index contributed by atoms with van der Waals surface area (Å²) in [6.45, 7) is 0.837. The predicted octanol–water partition coefficient (Wildman–Crippen LogP) is 1.05. The number of hydrogen-bond acceptors (Lipinski definition) is 4. The van der Waals surface area contributed by atoms with Gasteiger partial charge in [0.2, 0.25) is 10.0 Å². The van der Waals surface area contributed by atoms with Crippen molar-refractivity contribution in [2.45, 2.75) is 35.4 Å². The lowest BCUT2D eigenvalue weighted by molar-refractivity contribution is 0.362. The Bertz CT molecular complexity index is 542. The van der Waals surface area contributed by atoms with Gasteiger partial charge in [-0.2, -0.15) is 11.8 Å². The van der Waals surface area contributed by atoms with Crippen LogP contribution in [0.1, 0.15) is 25.0 Å². The van der Waals surface area contributed by atoms with Gasteiger partial charge >= 0.3 is 0 Å². The number of hydrogen-bond donors (Lipinski definition) is 2. The summed E-state index contributed by atoms with van der Waals surface area (Å²) in [7, 11) is -1.63. The van der Waals surface area contributed by atoms with Crippen LogP contribution in [0.25, 0.3) is 0 Å². The molecule has 0 amide bonds. The number of rotatable bonds is 6. The lowest BCUT2D eigenvalue weighted by Gasteiger charge is -2.40. The van der Waals surface area contributed by atoms with Gasteiger partial charge in [0.15, 0.2) is 0 Å². The van der Waals surface area contributed by atoms with E-state index >= 15 is 0 Å². The van der Waals surface area contributed by atoms with Crippen molar-refractivity contribution < 1.29 is 8.42 Å². The molecule has 1 saturated carbocycles. The topological polar surface area (TPSA) is 77.1 Å². The molecule has 0 saturated heterocycles. The number of aryl methyl sites for hydroxylation is 1. The lowest BCUT2D eigenvalue weighted by Crippen LogP contribution is -2.45. The van der Waals surface area contributed by atoms with Crippen LogP contribution in [0.15, 0.2) is 17.2 Å². The third kappa shape index (κ3) is 2.99. The number of aromatic nitrogens is 1. The van der Waals surface area contributed by atoms with E-state index in [1.54, 1.807) is 35.6 Å². The van der Waals surface area contributed by atoms with E-state index in [0.29, 0.717) is 18.0 Å². The fourth-order valence-electron chi connectivity index (χ4n) is 2.26. The molecule has 19 heavy (non-hydrogen) atoms. The molecule has 1 aliphatic rings. The van der Waals surface area contributed by atoms with Crippen LogP contribution in [0.3, 0.4) is 0 Å². The lowest BCUT2D eigenvalue weighted by atomic mass is 9.84. The molecule has 5 nitrogen and oxygen atoms in total. The molecular formula is C12H21N3O2S2. The van der Waals surface area contributed by atoms with Crippen LogP contribution in [-0.4, -0.2) is 30.5 Å².